The minimum Gasteiger partial charge on any atom is -0.361 e. The molecule has 108 valence electrons. The highest BCUT2D eigenvalue weighted by atomic mass is 16.1. The Bertz CT molecular complexity index is 574. The Kier molecular flexibility index (Phi) is 4.79. The zero-order valence-corrected chi connectivity index (χ0v) is 12.4. The first-order valence-corrected chi connectivity index (χ1v) is 7.05. The van der Waals surface area contributed by atoms with Gasteiger partial charge >= 0.3 is 0 Å². The van der Waals surface area contributed by atoms with Gasteiger partial charge in [0.25, 0.3) is 0 Å². The Morgan fingerprint density at radius 1 is 1.35 bits per heavy atom. The number of likely N-dealkylation sites (N-methyl/N-ethyl adjacent to an activating group) is 1. The van der Waals surface area contributed by atoms with Crippen LogP contribution in [0.4, 0.5) is 0 Å². The largest absolute Gasteiger partial charge is 0.361 e. The summed E-state index contributed by atoms with van der Waals surface area (Å²) in [6.45, 7) is 2.89. The number of carbonyl (C=O) groups excluding carboxylic acids is 1. The number of aromatic amines is 1. The smallest absolute Gasteiger partial charge is 0.220 e. The van der Waals surface area contributed by atoms with Gasteiger partial charge in [0, 0.05) is 36.1 Å². The maximum atomic E-state index is 11.9. The maximum absolute atomic E-state index is 11.9. The number of nitrogens with one attached hydrogen (secondary N) is 2. The molecule has 0 aliphatic carbocycles. The van der Waals surface area contributed by atoms with E-state index < -0.39 is 0 Å². The van der Waals surface area contributed by atoms with Gasteiger partial charge in [0.05, 0.1) is 0 Å². The van der Waals surface area contributed by atoms with Gasteiger partial charge in [0.1, 0.15) is 0 Å². The predicted octanol–water partition coefficient (Wildman–Crippen LogP) is 2.17. The molecule has 1 aromatic carbocycles. The van der Waals surface area contributed by atoms with Crippen LogP contribution in [0.5, 0.6) is 0 Å². The molecule has 2 aromatic rings. The molecular weight excluding hydrogens is 250 g/mol. The third kappa shape index (κ3) is 3.84. The third-order valence-corrected chi connectivity index (χ3v) is 3.34. The maximum Gasteiger partial charge on any atom is 0.220 e. The van der Waals surface area contributed by atoms with Crippen molar-refractivity contribution in [2.45, 2.75) is 25.8 Å². The zero-order valence-electron chi connectivity index (χ0n) is 12.4. The van der Waals surface area contributed by atoms with Crippen LogP contribution in [0.3, 0.4) is 0 Å². The molecule has 0 bridgehead atoms. The lowest BCUT2D eigenvalue weighted by atomic mass is 10.1. The van der Waals surface area contributed by atoms with Crippen LogP contribution in [0.15, 0.2) is 30.5 Å². The van der Waals surface area contributed by atoms with Crippen molar-refractivity contribution in [3.8, 4) is 0 Å². The lowest BCUT2D eigenvalue weighted by molar-refractivity contribution is -0.121. The molecule has 2 rings (SSSR count). The average molecular weight is 273 g/mol. The molecule has 0 fully saturated rings. The predicted molar refractivity (Wildman–Crippen MR) is 82.8 cm³/mol. The fraction of sp³-hybridized carbons (Fsp3) is 0.438. The molecule has 0 aliphatic heterocycles. The summed E-state index contributed by atoms with van der Waals surface area (Å²) in [6, 6.07) is 8.36. The van der Waals surface area contributed by atoms with E-state index in [4.69, 9.17) is 0 Å². The summed E-state index contributed by atoms with van der Waals surface area (Å²) in [7, 11) is 4.02. The first-order valence-electron chi connectivity index (χ1n) is 7.05. The van der Waals surface area contributed by atoms with Gasteiger partial charge in [-0.3, -0.25) is 4.79 Å². The molecule has 1 atom stereocenters. The second-order valence-electron chi connectivity index (χ2n) is 5.59. The topological polar surface area (TPSA) is 48.1 Å². The van der Waals surface area contributed by atoms with E-state index >= 15 is 0 Å². The first kappa shape index (κ1) is 14.6. The molecule has 0 saturated carbocycles. The van der Waals surface area contributed by atoms with Gasteiger partial charge in [-0.05, 0) is 39.1 Å². The first-order chi connectivity index (χ1) is 9.56. The van der Waals surface area contributed by atoms with Crippen molar-refractivity contribution in [1.29, 1.82) is 0 Å². The monoisotopic (exact) mass is 273 g/mol. The van der Waals surface area contributed by atoms with E-state index in [0.29, 0.717) is 6.42 Å². The number of aromatic nitrogens is 1. The number of aryl methyl sites for hydroxylation is 1. The lowest BCUT2D eigenvalue weighted by Crippen LogP contribution is -2.39. The number of para-hydroxylation sites is 1. The molecule has 20 heavy (non-hydrogen) atoms. The number of amides is 1. The van der Waals surface area contributed by atoms with E-state index in [9.17, 15) is 4.79 Å². The van der Waals surface area contributed by atoms with E-state index in [1.165, 1.54) is 10.9 Å². The molecule has 0 aliphatic rings. The Balaban J connectivity index is 1.87. The summed E-state index contributed by atoms with van der Waals surface area (Å²) < 4.78 is 0. The van der Waals surface area contributed by atoms with Gasteiger partial charge in [-0.15, -0.1) is 0 Å². The molecule has 4 nitrogen and oxygen atoms in total. The van der Waals surface area contributed by atoms with Gasteiger partial charge < -0.3 is 15.2 Å². The number of hydrogen-bond acceptors (Lipinski definition) is 2. The van der Waals surface area contributed by atoms with Crippen LogP contribution in [0.25, 0.3) is 10.9 Å². The average Bonchev–Trinajstić information content (AvgIpc) is 2.78. The molecule has 1 aromatic heterocycles. The van der Waals surface area contributed by atoms with Crippen LogP contribution >= 0.6 is 0 Å². The number of nitrogens with zero attached hydrogens (tertiary/aromatic N) is 1. The third-order valence-electron chi connectivity index (χ3n) is 3.34. The summed E-state index contributed by atoms with van der Waals surface area (Å²) >= 11 is 0. The highest BCUT2D eigenvalue weighted by Crippen LogP contribution is 2.18. The zero-order chi connectivity index (χ0) is 14.5. The number of fused-ring (bicyclic) bond motifs is 1. The number of hydrogen-bond donors (Lipinski definition) is 2. The molecule has 0 radical (unpaired) electrons. The van der Waals surface area contributed by atoms with Crippen LogP contribution < -0.4 is 5.32 Å². The van der Waals surface area contributed by atoms with Crippen molar-refractivity contribution in [2.24, 2.45) is 0 Å². The van der Waals surface area contributed by atoms with E-state index in [-0.39, 0.29) is 11.9 Å². The van der Waals surface area contributed by atoms with Gasteiger partial charge in [-0.25, -0.2) is 0 Å². The van der Waals surface area contributed by atoms with Crippen LogP contribution in [0.2, 0.25) is 0 Å². The molecular formula is C16H23N3O. The van der Waals surface area contributed by atoms with Crippen LogP contribution in [-0.4, -0.2) is 42.5 Å². The van der Waals surface area contributed by atoms with Crippen molar-refractivity contribution in [1.82, 2.24) is 15.2 Å². The Labute approximate surface area is 120 Å². The molecule has 4 heteroatoms. The normalized spacial score (nSPS) is 12.8. The van der Waals surface area contributed by atoms with Gasteiger partial charge in [0.15, 0.2) is 0 Å². The van der Waals surface area contributed by atoms with Gasteiger partial charge in [0.2, 0.25) is 5.91 Å². The van der Waals surface area contributed by atoms with Crippen molar-refractivity contribution in [3.05, 3.63) is 36.0 Å². The SMILES string of the molecule is CC(CN(C)C)NC(=O)CCc1c[nH]c2ccccc12. The number of benzene rings is 1. The summed E-state index contributed by atoms with van der Waals surface area (Å²) in [5.74, 6) is 0.115. The highest BCUT2D eigenvalue weighted by Gasteiger charge is 2.10. The van der Waals surface area contributed by atoms with Crippen molar-refractivity contribution in [3.63, 3.8) is 0 Å². The van der Waals surface area contributed by atoms with Crippen molar-refractivity contribution in [2.75, 3.05) is 20.6 Å². The summed E-state index contributed by atoms with van der Waals surface area (Å²) in [5, 5.41) is 4.24. The molecule has 0 spiro atoms. The summed E-state index contributed by atoms with van der Waals surface area (Å²) in [6.07, 6.45) is 3.30. The van der Waals surface area contributed by atoms with Crippen LogP contribution in [0.1, 0.15) is 18.9 Å². The number of rotatable bonds is 6. The Morgan fingerprint density at radius 2 is 2.10 bits per heavy atom. The molecule has 1 heterocycles. The van der Waals surface area contributed by atoms with Crippen LogP contribution in [-0.2, 0) is 11.2 Å². The molecule has 0 saturated heterocycles. The van der Waals surface area contributed by atoms with Gasteiger partial charge in [-0.2, -0.15) is 0 Å². The second kappa shape index (κ2) is 6.57. The summed E-state index contributed by atoms with van der Waals surface area (Å²) in [4.78, 5) is 17.2. The fourth-order valence-electron chi connectivity index (χ4n) is 2.53. The standard InChI is InChI=1S/C16H23N3O/c1-12(11-19(2)3)18-16(20)9-8-13-10-17-15-7-5-4-6-14(13)15/h4-7,10,12,17H,8-9,11H2,1-3H3,(H,18,20). The van der Waals surface area contributed by atoms with E-state index in [2.05, 4.69) is 27.3 Å². The summed E-state index contributed by atoms with van der Waals surface area (Å²) in [5.41, 5.74) is 2.33. The Hall–Kier alpha value is -1.81. The Morgan fingerprint density at radius 3 is 2.85 bits per heavy atom. The quantitative estimate of drug-likeness (QED) is 0.847. The molecule has 1 amide bonds. The molecule has 2 N–H and O–H groups in total. The number of H-pyrrole nitrogens is 1. The van der Waals surface area contributed by atoms with Crippen molar-refractivity contribution >= 4 is 16.8 Å². The lowest BCUT2D eigenvalue weighted by Gasteiger charge is -2.18. The number of carbonyl (C=O) groups is 1. The van der Waals surface area contributed by atoms with Crippen molar-refractivity contribution < 1.29 is 4.79 Å². The minimum atomic E-state index is 0.115. The fourth-order valence-corrected chi connectivity index (χ4v) is 2.53. The molecule has 1 unspecified atom stereocenters. The van der Waals surface area contributed by atoms with E-state index in [1.807, 2.05) is 39.3 Å². The minimum absolute atomic E-state index is 0.115. The highest BCUT2D eigenvalue weighted by molar-refractivity contribution is 5.84. The van der Waals surface area contributed by atoms with E-state index in [1.54, 1.807) is 0 Å². The van der Waals surface area contributed by atoms with E-state index in [0.717, 1.165) is 18.5 Å². The van der Waals surface area contributed by atoms with Crippen LogP contribution in [0, 0.1) is 0 Å². The van der Waals surface area contributed by atoms with Gasteiger partial charge in [-0.1, -0.05) is 18.2 Å². The second-order valence-corrected chi connectivity index (χ2v) is 5.59.